The molecule has 114 valence electrons. The van der Waals surface area contributed by atoms with Crippen molar-refractivity contribution in [1.82, 2.24) is 10.3 Å². The zero-order valence-electron chi connectivity index (χ0n) is 13.0. The number of hydrogen-bond donors (Lipinski definition) is 1. The summed E-state index contributed by atoms with van der Waals surface area (Å²) >= 11 is 1.78. The predicted molar refractivity (Wildman–Crippen MR) is 82.8 cm³/mol. The van der Waals surface area contributed by atoms with Gasteiger partial charge in [0.15, 0.2) is 5.13 Å². The number of rotatable bonds is 6. The lowest BCUT2D eigenvalue weighted by Gasteiger charge is -2.13. The molecule has 1 aliphatic rings. The van der Waals surface area contributed by atoms with Crippen molar-refractivity contribution >= 4 is 16.5 Å². The maximum atomic E-state index is 5.50. The van der Waals surface area contributed by atoms with E-state index in [0.717, 1.165) is 24.8 Å². The molecule has 1 aliphatic heterocycles. The van der Waals surface area contributed by atoms with Crippen molar-refractivity contribution in [3.8, 4) is 0 Å². The van der Waals surface area contributed by atoms with Gasteiger partial charge >= 0.3 is 0 Å². The Kier molecular flexibility index (Phi) is 5.37. The maximum Gasteiger partial charge on any atom is 0.186 e. The summed E-state index contributed by atoms with van der Waals surface area (Å²) in [4.78, 5) is 8.44. The average molecular weight is 299 g/mol. The third-order valence-corrected chi connectivity index (χ3v) is 4.82. The molecular formula is C14H25N3O2S. The first-order valence-corrected chi connectivity index (χ1v) is 7.87. The lowest BCUT2D eigenvalue weighted by molar-refractivity contribution is -0.00461. The van der Waals surface area contributed by atoms with Crippen LogP contribution in [0.2, 0.25) is 0 Å². The van der Waals surface area contributed by atoms with E-state index < -0.39 is 0 Å². The monoisotopic (exact) mass is 299 g/mol. The van der Waals surface area contributed by atoms with Gasteiger partial charge in [0.1, 0.15) is 12.2 Å². The molecule has 2 heterocycles. The third kappa shape index (κ3) is 3.14. The molecule has 0 aliphatic carbocycles. The molecule has 1 saturated heterocycles. The lowest BCUT2D eigenvalue weighted by Crippen LogP contribution is -2.27. The molecule has 0 spiro atoms. The van der Waals surface area contributed by atoms with Gasteiger partial charge in [0.05, 0.1) is 5.69 Å². The van der Waals surface area contributed by atoms with Gasteiger partial charge in [-0.15, -0.1) is 11.3 Å². The lowest BCUT2D eigenvalue weighted by atomic mass is 10.1. The molecule has 0 aromatic carbocycles. The van der Waals surface area contributed by atoms with Gasteiger partial charge in [-0.05, 0) is 13.0 Å². The van der Waals surface area contributed by atoms with Crippen LogP contribution in [-0.2, 0) is 16.0 Å². The molecular weight excluding hydrogens is 274 g/mol. The molecule has 0 amide bonds. The van der Waals surface area contributed by atoms with Gasteiger partial charge in [0.25, 0.3) is 0 Å². The Morgan fingerprint density at radius 2 is 1.90 bits per heavy atom. The fourth-order valence-electron chi connectivity index (χ4n) is 2.58. The first-order chi connectivity index (χ1) is 9.60. The summed E-state index contributed by atoms with van der Waals surface area (Å²) in [5, 5.41) is 4.31. The van der Waals surface area contributed by atoms with E-state index in [9.17, 15) is 0 Å². The number of methoxy groups -OCH3 is 2. The topological polar surface area (TPSA) is 46.6 Å². The number of nitrogens with zero attached hydrogens (tertiary/aromatic N) is 2. The Hall–Kier alpha value is -0.690. The molecule has 0 saturated carbocycles. The van der Waals surface area contributed by atoms with Crippen molar-refractivity contribution in [1.29, 1.82) is 0 Å². The van der Waals surface area contributed by atoms with E-state index >= 15 is 0 Å². The second-order valence-electron chi connectivity index (χ2n) is 5.44. The molecule has 0 radical (unpaired) electrons. The highest BCUT2D eigenvalue weighted by atomic mass is 32.1. The van der Waals surface area contributed by atoms with E-state index in [1.54, 1.807) is 25.6 Å². The highest BCUT2D eigenvalue weighted by Gasteiger charge is 2.34. The van der Waals surface area contributed by atoms with Crippen LogP contribution >= 0.6 is 11.3 Å². The van der Waals surface area contributed by atoms with Gasteiger partial charge in [-0.3, -0.25) is 0 Å². The van der Waals surface area contributed by atoms with Crippen LogP contribution in [0, 0.1) is 0 Å². The van der Waals surface area contributed by atoms with E-state index in [4.69, 9.17) is 14.5 Å². The van der Waals surface area contributed by atoms with Crippen LogP contribution in [0.25, 0.3) is 0 Å². The summed E-state index contributed by atoms with van der Waals surface area (Å²) < 4.78 is 11.0. The number of aromatic nitrogens is 1. The Labute approximate surface area is 125 Å². The van der Waals surface area contributed by atoms with E-state index in [1.807, 2.05) is 7.05 Å². The van der Waals surface area contributed by atoms with Crippen LogP contribution < -0.4 is 10.2 Å². The highest BCUT2D eigenvalue weighted by Crippen LogP contribution is 2.33. The summed E-state index contributed by atoms with van der Waals surface area (Å²) in [7, 11) is 5.46. The Morgan fingerprint density at radius 3 is 2.35 bits per heavy atom. The summed E-state index contributed by atoms with van der Waals surface area (Å²) in [6.45, 7) is 6.95. The molecule has 1 aromatic heterocycles. The second-order valence-corrected chi connectivity index (χ2v) is 6.51. The Morgan fingerprint density at radius 1 is 1.30 bits per heavy atom. The molecule has 0 bridgehead atoms. The largest absolute Gasteiger partial charge is 0.377 e. The first-order valence-electron chi connectivity index (χ1n) is 7.05. The minimum atomic E-state index is 0.124. The van der Waals surface area contributed by atoms with Crippen molar-refractivity contribution in [2.24, 2.45) is 0 Å². The van der Waals surface area contributed by atoms with Gasteiger partial charge < -0.3 is 19.7 Å². The average Bonchev–Trinajstić information content (AvgIpc) is 3.02. The van der Waals surface area contributed by atoms with Crippen molar-refractivity contribution < 1.29 is 9.47 Å². The molecule has 2 unspecified atom stereocenters. The number of hydrogen-bond acceptors (Lipinski definition) is 6. The molecule has 20 heavy (non-hydrogen) atoms. The number of ether oxygens (including phenoxy) is 2. The van der Waals surface area contributed by atoms with Crippen LogP contribution in [0.15, 0.2) is 0 Å². The van der Waals surface area contributed by atoms with E-state index in [-0.39, 0.29) is 12.2 Å². The molecule has 5 nitrogen and oxygen atoms in total. The van der Waals surface area contributed by atoms with E-state index in [2.05, 4.69) is 24.1 Å². The smallest absolute Gasteiger partial charge is 0.186 e. The van der Waals surface area contributed by atoms with Gasteiger partial charge in [0.2, 0.25) is 0 Å². The van der Waals surface area contributed by atoms with Crippen molar-refractivity contribution in [3.05, 3.63) is 10.6 Å². The quantitative estimate of drug-likeness (QED) is 0.868. The summed E-state index contributed by atoms with van der Waals surface area (Å²) in [5.74, 6) is 0.447. The fourth-order valence-corrected chi connectivity index (χ4v) is 3.82. The van der Waals surface area contributed by atoms with Crippen LogP contribution in [0.5, 0.6) is 0 Å². The number of anilines is 1. The number of thiazole rings is 1. The standard InChI is InChI=1S/C14H25N3O2S/c1-9(2)13-12(6-15-3)20-14(16-13)17-7-10(18-4)11(8-17)19-5/h9-11,15H,6-8H2,1-5H3. The van der Waals surface area contributed by atoms with Crippen LogP contribution in [0.3, 0.4) is 0 Å². The third-order valence-electron chi connectivity index (χ3n) is 3.69. The first kappa shape index (κ1) is 15.7. The summed E-state index contributed by atoms with van der Waals surface area (Å²) in [6, 6.07) is 0. The molecule has 1 fully saturated rings. The summed E-state index contributed by atoms with van der Waals surface area (Å²) in [6.07, 6.45) is 0.248. The van der Waals surface area contributed by atoms with Crippen LogP contribution in [0.1, 0.15) is 30.3 Å². The van der Waals surface area contributed by atoms with Crippen molar-refractivity contribution in [3.63, 3.8) is 0 Å². The Balaban J connectivity index is 2.19. The molecule has 1 aromatic rings. The van der Waals surface area contributed by atoms with Gasteiger partial charge in [0, 0.05) is 38.7 Å². The summed E-state index contributed by atoms with van der Waals surface area (Å²) in [5.41, 5.74) is 1.20. The highest BCUT2D eigenvalue weighted by molar-refractivity contribution is 7.15. The van der Waals surface area contributed by atoms with Gasteiger partial charge in [-0.25, -0.2) is 4.98 Å². The molecule has 1 N–H and O–H groups in total. The molecule has 6 heteroatoms. The zero-order chi connectivity index (χ0) is 14.7. The van der Waals surface area contributed by atoms with Crippen molar-refractivity contribution in [2.45, 2.75) is 38.5 Å². The van der Waals surface area contributed by atoms with Gasteiger partial charge in [-0.2, -0.15) is 0 Å². The molecule has 2 atom stereocenters. The predicted octanol–water partition coefficient (Wildman–Crippen LogP) is 1.84. The normalized spacial score (nSPS) is 23.0. The molecule has 2 rings (SSSR count). The van der Waals surface area contributed by atoms with E-state index in [0.29, 0.717) is 5.92 Å². The van der Waals surface area contributed by atoms with Crippen molar-refractivity contribution in [2.75, 3.05) is 39.3 Å². The fraction of sp³-hybridized carbons (Fsp3) is 0.786. The zero-order valence-corrected chi connectivity index (χ0v) is 13.8. The Bertz CT molecular complexity index is 424. The van der Waals surface area contributed by atoms with Crippen LogP contribution in [0.4, 0.5) is 5.13 Å². The van der Waals surface area contributed by atoms with Gasteiger partial charge in [-0.1, -0.05) is 13.8 Å². The minimum absolute atomic E-state index is 0.124. The van der Waals surface area contributed by atoms with E-state index in [1.165, 1.54) is 10.6 Å². The maximum absolute atomic E-state index is 5.50. The number of nitrogens with one attached hydrogen (secondary N) is 1. The second kappa shape index (κ2) is 6.85. The SMILES string of the molecule is CNCc1sc(N2CC(OC)C(OC)C2)nc1C(C)C. The van der Waals surface area contributed by atoms with Crippen LogP contribution in [-0.4, -0.2) is 51.5 Å². The minimum Gasteiger partial charge on any atom is -0.377 e.